The van der Waals surface area contributed by atoms with Gasteiger partial charge in [0.15, 0.2) is 0 Å². The molecule has 0 saturated carbocycles. The Morgan fingerprint density at radius 1 is 1.48 bits per heavy atom. The molecule has 0 radical (unpaired) electrons. The van der Waals surface area contributed by atoms with E-state index in [0.717, 1.165) is 5.06 Å². The van der Waals surface area contributed by atoms with Crippen LogP contribution < -0.4 is 10.1 Å². The molecule has 1 N–H and O–H groups in total. The van der Waals surface area contributed by atoms with E-state index in [-0.39, 0.29) is 11.9 Å². The topological polar surface area (TPSA) is 67.9 Å². The number of hydrogen-bond acceptors (Lipinski definition) is 4. The number of halogens is 1. The number of ether oxygens (including phenoxy) is 1. The zero-order valence-electron chi connectivity index (χ0n) is 11.8. The molecule has 1 aromatic rings. The van der Waals surface area contributed by atoms with Crippen LogP contribution >= 0.6 is 11.6 Å². The van der Waals surface area contributed by atoms with E-state index in [4.69, 9.17) is 21.2 Å². The molecule has 0 spiro atoms. The van der Waals surface area contributed by atoms with E-state index in [9.17, 15) is 9.59 Å². The van der Waals surface area contributed by atoms with E-state index >= 15 is 0 Å². The lowest BCUT2D eigenvalue weighted by atomic mass is 10.1. The summed E-state index contributed by atoms with van der Waals surface area (Å²) >= 11 is 5.72. The number of fused-ring (bicyclic) bond motifs is 1. The highest BCUT2D eigenvalue weighted by Gasteiger charge is 2.36. The van der Waals surface area contributed by atoms with Gasteiger partial charge in [0, 0.05) is 18.3 Å². The highest BCUT2D eigenvalue weighted by molar-refractivity contribution is 6.17. The molecule has 1 aromatic carbocycles. The zero-order chi connectivity index (χ0) is 15.4. The smallest absolute Gasteiger partial charge is 0.432 e. The third-order valence-electron chi connectivity index (χ3n) is 2.79. The second-order valence-electron chi connectivity index (χ2n) is 4.86. The van der Waals surface area contributed by atoms with Crippen LogP contribution in [0.25, 0.3) is 0 Å². The van der Waals surface area contributed by atoms with Gasteiger partial charge in [0.25, 0.3) is 5.91 Å². The first-order valence-corrected chi connectivity index (χ1v) is 7.20. The van der Waals surface area contributed by atoms with Crippen molar-refractivity contribution < 1.29 is 19.2 Å². The monoisotopic (exact) mass is 312 g/mol. The summed E-state index contributed by atoms with van der Waals surface area (Å²) in [5, 5.41) is 3.49. The zero-order valence-corrected chi connectivity index (χ0v) is 12.6. The van der Waals surface area contributed by atoms with Gasteiger partial charge in [-0.3, -0.25) is 4.79 Å². The van der Waals surface area contributed by atoms with Gasteiger partial charge in [0.1, 0.15) is 5.75 Å². The molecule has 0 fully saturated rings. The second kappa shape index (κ2) is 6.67. The SMILES string of the molecule is CC(C)NC(=O)ON1C(=O)c2ccccc2O[C@H]1CCCl. The van der Waals surface area contributed by atoms with Gasteiger partial charge in [-0.15, -0.1) is 16.7 Å². The minimum atomic E-state index is -0.734. The van der Waals surface area contributed by atoms with Crippen molar-refractivity contribution in [1.29, 1.82) is 0 Å². The normalized spacial score (nSPS) is 17.2. The van der Waals surface area contributed by atoms with Gasteiger partial charge in [-0.1, -0.05) is 12.1 Å². The molecule has 114 valence electrons. The average molecular weight is 313 g/mol. The first-order valence-electron chi connectivity index (χ1n) is 6.66. The van der Waals surface area contributed by atoms with Crippen LogP contribution in [0.15, 0.2) is 24.3 Å². The van der Waals surface area contributed by atoms with Crippen LogP contribution in [0.2, 0.25) is 0 Å². The number of amides is 2. The standard InChI is InChI=1S/C14H17ClN2O4/c1-9(2)16-14(19)21-17-12(7-8-15)20-11-6-4-3-5-10(11)13(17)18/h3-6,9,12H,7-8H2,1-2H3,(H,16,19)/t12-/m0/s1. The number of benzene rings is 1. The molecule has 1 aliphatic heterocycles. The van der Waals surface area contributed by atoms with Crippen molar-refractivity contribution in [2.75, 3.05) is 5.88 Å². The van der Waals surface area contributed by atoms with Crippen molar-refractivity contribution in [3.63, 3.8) is 0 Å². The van der Waals surface area contributed by atoms with Crippen LogP contribution in [0.5, 0.6) is 5.75 Å². The van der Waals surface area contributed by atoms with Gasteiger partial charge in [-0.05, 0) is 26.0 Å². The van der Waals surface area contributed by atoms with Crippen LogP contribution in [0.1, 0.15) is 30.6 Å². The second-order valence-corrected chi connectivity index (χ2v) is 5.23. The summed E-state index contributed by atoms with van der Waals surface area (Å²) in [6, 6.07) is 6.70. The fraction of sp³-hybridized carbons (Fsp3) is 0.429. The molecule has 0 bridgehead atoms. The molecule has 2 rings (SSSR count). The third-order valence-corrected chi connectivity index (χ3v) is 3.00. The molecule has 1 atom stereocenters. The lowest BCUT2D eigenvalue weighted by Gasteiger charge is -2.34. The maximum absolute atomic E-state index is 12.4. The van der Waals surface area contributed by atoms with E-state index in [1.807, 2.05) is 0 Å². The fourth-order valence-corrected chi connectivity index (χ4v) is 2.10. The lowest BCUT2D eigenvalue weighted by Crippen LogP contribution is -2.50. The maximum atomic E-state index is 12.4. The average Bonchev–Trinajstić information content (AvgIpc) is 2.42. The molecular formula is C14H17ClN2O4. The Bertz CT molecular complexity index is 535. The van der Waals surface area contributed by atoms with Crippen LogP contribution in [0, 0.1) is 0 Å². The number of para-hydroxylation sites is 1. The number of carbonyl (C=O) groups is 2. The van der Waals surface area contributed by atoms with Gasteiger partial charge in [0.05, 0.1) is 5.56 Å². The summed E-state index contributed by atoms with van der Waals surface area (Å²) in [6.07, 6.45) is -1.10. The van der Waals surface area contributed by atoms with E-state index in [2.05, 4.69) is 5.32 Å². The molecular weight excluding hydrogens is 296 g/mol. The fourth-order valence-electron chi connectivity index (χ4n) is 1.91. The van der Waals surface area contributed by atoms with Crippen molar-refractivity contribution in [2.45, 2.75) is 32.5 Å². The van der Waals surface area contributed by atoms with Crippen LogP contribution in [0.4, 0.5) is 4.79 Å². The summed E-state index contributed by atoms with van der Waals surface area (Å²) in [5.74, 6) is 0.304. The maximum Gasteiger partial charge on any atom is 0.432 e. The summed E-state index contributed by atoms with van der Waals surface area (Å²) in [7, 11) is 0. The molecule has 0 saturated heterocycles. The highest BCUT2D eigenvalue weighted by atomic mass is 35.5. The molecule has 1 aliphatic rings. The van der Waals surface area contributed by atoms with Crippen LogP contribution in [-0.2, 0) is 4.84 Å². The van der Waals surface area contributed by atoms with Crippen molar-refractivity contribution >= 4 is 23.6 Å². The molecule has 21 heavy (non-hydrogen) atoms. The van der Waals surface area contributed by atoms with E-state index in [1.54, 1.807) is 38.1 Å². The number of rotatable bonds is 4. The Balaban J connectivity index is 2.20. The lowest BCUT2D eigenvalue weighted by molar-refractivity contribution is -0.156. The molecule has 0 unspecified atom stereocenters. The number of nitrogens with one attached hydrogen (secondary N) is 1. The van der Waals surface area contributed by atoms with Crippen molar-refractivity contribution in [3.05, 3.63) is 29.8 Å². The number of hydrogen-bond donors (Lipinski definition) is 1. The van der Waals surface area contributed by atoms with Gasteiger partial charge >= 0.3 is 6.09 Å². The minimum Gasteiger partial charge on any atom is -0.466 e. The molecule has 6 nitrogen and oxygen atoms in total. The van der Waals surface area contributed by atoms with Crippen LogP contribution in [-0.4, -0.2) is 35.2 Å². The summed E-state index contributed by atoms with van der Waals surface area (Å²) in [5.41, 5.74) is 0.348. The number of hydroxylamine groups is 2. The van der Waals surface area contributed by atoms with Crippen molar-refractivity contribution in [3.8, 4) is 5.75 Å². The predicted molar refractivity (Wildman–Crippen MR) is 77.1 cm³/mol. The molecule has 2 amide bonds. The third kappa shape index (κ3) is 3.58. The Hall–Kier alpha value is -1.95. The summed E-state index contributed by atoms with van der Waals surface area (Å²) < 4.78 is 5.68. The Morgan fingerprint density at radius 3 is 2.86 bits per heavy atom. The first kappa shape index (κ1) is 15.4. The van der Waals surface area contributed by atoms with E-state index in [0.29, 0.717) is 17.7 Å². The van der Waals surface area contributed by atoms with E-state index in [1.165, 1.54) is 0 Å². The predicted octanol–water partition coefficient (Wildman–Crippen LogP) is 2.53. The molecule has 7 heteroatoms. The van der Waals surface area contributed by atoms with Crippen molar-refractivity contribution in [1.82, 2.24) is 10.4 Å². The van der Waals surface area contributed by atoms with Gasteiger partial charge < -0.3 is 14.9 Å². The largest absolute Gasteiger partial charge is 0.466 e. The van der Waals surface area contributed by atoms with Crippen molar-refractivity contribution in [2.24, 2.45) is 0 Å². The molecule has 1 heterocycles. The Labute approximate surface area is 127 Å². The highest BCUT2D eigenvalue weighted by Crippen LogP contribution is 2.29. The van der Waals surface area contributed by atoms with Gasteiger partial charge in [0.2, 0.25) is 6.23 Å². The van der Waals surface area contributed by atoms with Gasteiger partial charge in [-0.25, -0.2) is 4.79 Å². The number of nitrogens with zero attached hydrogens (tertiary/aromatic N) is 1. The van der Waals surface area contributed by atoms with E-state index < -0.39 is 18.2 Å². The molecule has 0 aromatic heterocycles. The Kier molecular flexibility index (Phi) is 4.90. The van der Waals surface area contributed by atoms with Gasteiger partial charge in [-0.2, -0.15) is 0 Å². The first-order chi connectivity index (χ1) is 10.0. The molecule has 0 aliphatic carbocycles. The number of carbonyl (C=O) groups excluding carboxylic acids is 2. The van der Waals surface area contributed by atoms with Crippen LogP contribution in [0.3, 0.4) is 0 Å². The number of alkyl halides is 1. The quantitative estimate of drug-likeness (QED) is 0.867. The minimum absolute atomic E-state index is 0.0999. The summed E-state index contributed by atoms with van der Waals surface area (Å²) in [4.78, 5) is 29.2. The summed E-state index contributed by atoms with van der Waals surface area (Å²) in [6.45, 7) is 3.59. The Morgan fingerprint density at radius 2 is 2.19 bits per heavy atom.